The van der Waals surface area contributed by atoms with E-state index in [9.17, 15) is 8.42 Å². The first-order valence-electron chi connectivity index (χ1n) is 6.38. The van der Waals surface area contributed by atoms with Crippen LogP contribution in [0.5, 0.6) is 0 Å². The van der Waals surface area contributed by atoms with Crippen LogP contribution in [0.2, 0.25) is 0 Å². The Hall–Kier alpha value is -0.910. The molecule has 100 valence electrons. The predicted octanol–water partition coefficient (Wildman–Crippen LogP) is 1.80. The van der Waals surface area contributed by atoms with Gasteiger partial charge in [-0.15, -0.1) is 0 Å². The van der Waals surface area contributed by atoms with Gasteiger partial charge in [0.25, 0.3) is 0 Å². The van der Waals surface area contributed by atoms with Crippen LogP contribution in [0.4, 0.5) is 0 Å². The van der Waals surface area contributed by atoms with E-state index in [1.165, 1.54) is 0 Å². The van der Waals surface area contributed by atoms with Crippen LogP contribution in [-0.4, -0.2) is 21.0 Å². The van der Waals surface area contributed by atoms with E-state index >= 15 is 0 Å². The molecule has 1 aromatic rings. The Morgan fingerprint density at radius 1 is 1.39 bits per heavy atom. The summed E-state index contributed by atoms with van der Waals surface area (Å²) in [7, 11) is -3.35. The Morgan fingerprint density at radius 2 is 2.11 bits per heavy atom. The molecule has 0 heterocycles. The van der Waals surface area contributed by atoms with Crippen molar-refractivity contribution in [2.24, 2.45) is 0 Å². The van der Waals surface area contributed by atoms with Gasteiger partial charge in [-0.25, -0.2) is 13.1 Å². The van der Waals surface area contributed by atoms with Crippen LogP contribution in [0.25, 0.3) is 0 Å². The van der Waals surface area contributed by atoms with Crippen LogP contribution in [0.15, 0.2) is 29.2 Å². The SMILES string of the molecule is CCNC(C)c1cccc(S(=O)(=O)NC2CC2)c1. The summed E-state index contributed by atoms with van der Waals surface area (Å²) in [5.41, 5.74) is 0.996. The molecule has 0 amide bonds. The summed E-state index contributed by atoms with van der Waals surface area (Å²) in [6, 6.07) is 7.44. The van der Waals surface area contributed by atoms with Crippen LogP contribution < -0.4 is 10.0 Å². The van der Waals surface area contributed by atoms with Gasteiger partial charge in [-0.05, 0) is 44.0 Å². The highest BCUT2D eigenvalue weighted by Gasteiger charge is 2.28. The molecule has 0 radical (unpaired) electrons. The number of hydrogen-bond donors (Lipinski definition) is 2. The molecule has 1 aromatic carbocycles. The summed E-state index contributed by atoms with van der Waals surface area (Å²) in [4.78, 5) is 0.358. The second-order valence-electron chi connectivity index (χ2n) is 4.75. The third kappa shape index (κ3) is 3.31. The Balaban J connectivity index is 2.20. The molecule has 0 bridgehead atoms. The number of sulfonamides is 1. The third-order valence-corrected chi connectivity index (χ3v) is 4.60. The van der Waals surface area contributed by atoms with E-state index in [-0.39, 0.29) is 12.1 Å². The molecule has 4 nitrogen and oxygen atoms in total. The minimum absolute atomic E-state index is 0.143. The van der Waals surface area contributed by atoms with Crippen molar-refractivity contribution in [3.8, 4) is 0 Å². The summed E-state index contributed by atoms with van der Waals surface area (Å²) >= 11 is 0. The average molecular weight is 268 g/mol. The van der Waals surface area contributed by atoms with Gasteiger partial charge in [0, 0.05) is 12.1 Å². The van der Waals surface area contributed by atoms with Crippen molar-refractivity contribution in [3.05, 3.63) is 29.8 Å². The van der Waals surface area contributed by atoms with Crippen LogP contribution in [0.3, 0.4) is 0 Å². The average Bonchev–Trinajstić information content (AvgIpc) is 3.13. The predicted molar refractivity (Wildman–Crippen MR) is 71.9 cm³/mol. The lowest BCUT2D eigenvalue weighted by Gasteiger charge is -2.14. The lowest BCUT2D eigenvalue weighted by Crippen LogP contribution is -2.26. The van der Waals surface area contributed by atoms with E-state index in [0.717, 1.165) is 24.9 Å². The van der Waals surface area contributed by atoms with Gasteiger partial charge in [0.15, 0.2) is 0 Å². The summed E-state index contributed by atoms with van der Waals surface area (Å²) in [5.74, 6) is 0. The highest BCUT2D eigenvalue weighted by molar-refractivity contribution is 7.89. The molecule has 0 spiro atoms. The number of rotatable bonds is 6. The molecule has 1 unspecified atom stereocenters. The molecule has 1 aliphatic carbocycles. The molecule has 1 saturated carbocycles. The van der Waals surface area contributed by atoms with Crippen LogP contribution >= 0.6 is 0 Å². The highest BCUT2D eigenvalue weighted by atomic mass is 32.2. The van der Waals surface area contributed by atoms with Crippen LogP contribution in [0.1, 0.15) is 38.3 Å². The van der Waals surface area contributed by atoms with E-state index in [1.807, 2.05) is 19.9 Å². The maximum absolute atomic E-state index is 12.1. The van der Waals surface area contributed by atoms with Gasteiger partial charge in [-0.3, -0.25) is 0 Å². The van der Waals surface area contributed by atoms with Crippen molar-refractivity contribution >= 4 is 10.0 Å². The molecule has 0 aliphatic heterocycles. The Bertz CT molecular complexity index is 509. The van der Waals surface area contributed by atoms with Crippen molar-refractivity contribution in [1.82, 2.24) is 10.0 Å². The van der Waals surface area contributed by atoms with Gasteiger partial charge >= 0.3 is 0 Å². The molecule has 1 fully saturated rings. The Kier molecular flexibility index (Phi) is 4.04. The zero-order valence-corrected chi connectivity index (χ0v) is 11.6. The number of benzene rings is 1. The lowest BCUT2D eigenvalue weighted by atomic mass is 10.1. The summed E-state index contributed by atoms with van der Waals surface area (Å²) in [5, 5.41) is 3.28. The fourth-order valence-electron chi connectivity index (χ4n) is 1.86. The van der Waals surface area contributed by atoms with Crippen molar-refractivity contribution in [3.63, 3.8) is 0 Å². The fourth-order valence-corrected chi connectivity index (χ4v) is 3.22. The maximum atomic E-state index is 12.1. The molecule has 1 aliphatic rings. The van der Waals surface area contributed by atoms with E-state index in [0.29, 0.717) is 4.90 Å². The van der Waals surface area contributed by atoms with Gasteiger partial charge in [0.2, 0.25) is 10.0 Å². The fraction of sp³-hybridized carbons (Fsp3) is 0.538. The molecular formula is C13H20N2O2S. The molecule has 18 heavy (non-hydrogen) atoms. The molecule has 2 rings (SSSR count). The summed E-state index contributed by atoms with van der Waals surface area (Å²) < 4.78 is 26.9. The van der Waals surface area contributed by atoms with E-state index in [4.69, 9.17) is 0 Å². The minimum atomic E-state index is -3.35. The normalized spacial score (nSPS) is 17.7. The first kappa shape index (κ1) is 13.5. The second kappa shape index (κ2) is 5.38. The Labute approximate surface area is 109 Å². The van der Waals surface area contributed by atoms with Crippen molar-refractivity contribution in [1.29, 1.82) is 0 Å². The highest BCUT2D eigenvalue weighted by Crippen LogP contribution is 2.23. The third-order valence-electron chi connectivity index (χ3n) is 3.08. The van der Waals surface area contributed by atoms with E-state index in [1.54, 1.807) is 18.2 Å². The van der Waals surface area contributed by atoms with E-state index in [2.05, 4.69) is 10.0 Å². The largest absolute Gasteiger partial charge is 0.310 e. The van der Waals surface area contributed by atoms with Gasteiger partial charge < -0.3 is 5.32 Å². The molecule has 1 atom stereocenters. The van der Waals surface area contributed by atoms with Gasteiger partial charge in [0.1, 0.15) is 0 Å². The van der Waals surface area contributed by atoms with Gasteiger partial charge in [-0.2, -0.15) is 0 Å². The second-order valence-corrected chi connectivity index (χ2v) is 6.46. The zero-order chi connectivity index (χ0) is 13.2. The molecule has 2 N–H and O–H groups in total. The molecule has 0 aromatic heterocycles. The first-order chi connectivity index (χ1) is 8.53. The van der Waals surface area contributed by atoms with Gasteiger partial charge in [-0.1, -0.05) is 19.1 Å². The molecule has 5 heteroatoms. The first-order valence-corrected chi connectivity index (χ1v) is 7.87. The zero-order valence-electron chi connectivity index (χ0n) is 10.8. The number of hydrogen-bond acceptors (Lipinski definition) is 3. The molecule has 0 saturated heterocycles. The van der Waals surface area contributed by atoms with Gasteiger partial charge in [0.05, 0.1) is 4.90 Å². The van der Waals surface area contributed by atoms with Crippen LogP contribution in [0, 0.1) is 0 Å². The molecular weight excluding hydrogens is 248 g/mol. The maximum Gasteiger partial charge on any atom is 0.240 e. The monoisotopic (exact) mass is 268 g/mol. The van der Waals surface area contributed by atoms with Crippen molar-refractivity contribution in [2.45, 2.75) is 43.7 Å². The van der Waals surface area contributed by atoms with E-state index < -0.39 is 10.0 Å². The number of nitrogens with one attached hydrogen (secondary N) is 2. The quantitative estimate of drug-likeness (QED) is 0.827. The topological polar surface area (TPSA) is 58.2 Å². The van der Waals surface area contributed by atoms with Crippen molar-refractivity contribution < 1.29 is 8.42 Å². The smallest absolute Gasteiger partial charge is 0.240 e. The van der Waals surface area contributed by atoms with Crippen LogP contribution in [-0.2, 0) is 10.0 Å². The summed E-state index contributed by atoms with van der Waals surface area (Å²) in [6.07, 6.45) is 1.90. The lowest BCUT2D eigenvalue weighted by molar-refractivity contribution is 0.578. The summed E-state index contributed by atoms with van der Waals surface area (Å²) in [6.45, 7) is 4.92. The minimum Gasteiger partial charge on any atom is -0.310 e. The standard InChI is InChI=1S/C13H20N2O2S/c1-3-14-10(2)11-5-4-6-13(9-11)18(16,17)15-12-7-8-12/h4-6,9-10,12,14-15H,3,7-8H2,1-2H3. The van der Waals surface area contributed by atoms with Crippen molar-refractivity contribution in [2.75, 3.05) is 6.54 Å². The Morgan fingerprint density at radius 3 is 2.72 bits per heavy atom.